The van der Waals surface area contributed by atoms with E-state index in [1.807, 2.05) is 12.1 Å². The van der Waals surface area contributed by atoms with E-state index in [0.717, 1.165) is 17.8 Å². The van der Waals surface area contributed by atoms with E-state index < -0.39 is 0 Å². The minimum atomic E-state index is 0.839. The summed E-state index contributed by atoms with van der Waals surface area (Å²) in [5, 5.41) is 1.20. The molecule has 3 aromatic rings. The fourth-order valence-electron chi connectivity index (χ4n) is 2.46. The fraction of sp³-hybridized carbons (Fsp3) is 0.235. The molecule has 1 aromatic carbocycles. The first-order chi connectivity index (χ1) is 9.15. The summed E-state index contributed by atoms with van der Waals surface area (Å²) in [6, 6.07) is 12.5. The van der Waals surface area contributed by atoms with Crippen molar-refractivity contribution in [3.05, 3.63) is 65.1 Å². The minimum Gasteiger partial charge on any atom is -0.345 e. The lowest BCUT2D eigenvalue weighted by atomic mass is 10.2. The summed E-state index contributed by atoms with van der Waals surface area (Å²) in [4.78, 5) is 4.73. The molecule has 0 fully saturated rings. The van der Waals surface area contributed by atoms with E-state index in [1.54, 1.807) is 0 Å². The van der Waals surface area contributed by atoms with Gasteiger partial charge in [0.05, 0.1) is 17.8 Å². The van der Waals surface area contributed by atoms with Crippen molar-refractivity contribution in [1.82, 2.24) is 9.55 Å². The lowest BCUT2D eigenvalue weighted by Gasteiger charge is -2.07. The maximum atomic E-state index is 4.73. The molecule has 2 aromatic heterocycles. The Hall–Kier alpha value is -2.09. The zero-order chi connectivity index (χ0) is 13.4. The van der Waals surface area contributed by atoms with E-state index in [-0.39, 0.29) is 0 Å². The molecular formula is C17H18N2. The normalized spacial score (nSPS) is 11.1. The first-order valence-corrected chi connectivity index (χ1v) is 6.63. The van der Waals surface area contributed by atoms with E-state index in [1.165, 1.54) is 22.2 Å². The van der Waals surface area contributed by atoms with Crippen LogP contribution < -0.4 is 0 Å². The third-order valence-corrected chi connectivity index (χ3v) is 3.90. The van der Waals surface area contributed by atoms with E-state index >= 15 is 0 Å². The molecule has 0 aliphatic heterocycles. The van der Waals surface area contributed by atoms with Crippen LogP contribution in [0.25, 0.3) is 10.9 Å². The number of aryl methyl sites for hydroxylation is 1. The van der Waals surface area contributed by atoms with Gasteiger partial charge in [-0.15, -0.1) is 0 Å². The molecule has 0 radical (unpaired) electrons. The quantitative estimate of drug-likeness (QED) is 0.672. The van der Waals surface area contributed by atoms with Gasteiger partial charge in [-0.3, -0.25) is 4.98 Å². The number of rotatable bonds is 2. The summed E-state index contributed by atoms with van der Waals surface area (Å²) >= 11 is 0. The second kappa shape index (κ2) is 4.54. The Morgan fingerprint density at radius 1 is 1.00 bits per heavy atom. The molecule has 0 bridgehead atoms. The Bertz CT molecular complexity index is 738. The van der Waals surface area contributed by atoms with Crippen LogP contribution in [0.1, 0.15) is 22.5 Å². The predicted octanol–water partition coefficient (Wildman–Crippen LogP) is 4.01. The highest BCUT2D eigenvalue weighted by molar-refractivity contribution is 5.78. The molecule has 3 rings (SSSR count). The SMILES string of the molecule is Cc1cn(Cc2ccc3ccccc3n2)c(C)c1C. The van der Waals surface area contributed by atoms with Crippen molar-refractivity contribution in [2.45, 2.75) is 27.3 Å². The van der Waals surface area contributed by atoms with Crippen molar-refractivity contribution >= 4 is 10.9 Å². The Morgan fingerprint density at radius 3 is 2.53 bits per heavy atom. The van der Waals surface area contributed by atoms with Crippen LogP contribution >= 0.6 is 0 Å². The predicted molar refractivity (Wildman–Crippen MR) is 79.5 cm³/mol. The fourth-order valence-corrected chi connectivity index (χ4v) is 2.46. The number of benzene rings is 1. The number of hydrogen-bond acceptors (Lipinski definition) is 1. The van der Waals surface area contributed by atoms with Crippen molar-refractivity contribution in [2.75, 3.05) is 0 Å². The highest BCUT2D eigenvalue weighted by atomic mass is 15.0. The summed E-state index contributed by atoms with van der Waals surface area (Å²) in [7, 11) is 0. The van der Waals surface area contributed by atoms with E-state index in [4.69, 9.17) is 4.98 Å². The van der Waals surface area contributed by atoms with Crippen LogP contribution in [-0.2, 0) is 6.54 Å². The Balaban J connectivity index is 1.98. The van der Waals surface area contributed by atoms with Crippen molar-refractivity contribution in [1.29, 1.82) is 0 Å². The maximum Gasteiger partial charge on any atom is 0.0706 e. The molecular weight excluding hydrogens is 232 g/mol. The van der Waals surface area contributed by atoms with Crippen LogP contribution in [0.2, 0.25) is 0 Å². The molecule has 0 unspecified atom stereocenters. The average molecular weight is 250 g/mol. The van der Waals surface area contributed by atoms with Gasteiger partial charge in [0, 0.05) is 17.3 Å². The summed E-state index contributed by atoms with van der Waals surface area (Å²) in [5.74, 6) is 0. The molecule has 2 heterocycles. The van der Waals surface area contributed by atoms with Crippen molar-refractivity contribution < 1.29 is 0 Å². The van der Waals surface area contributed by atoms with E-state index in [0.29, 0.717) is 0 Å². The second-order valence-electron chi connectivity index (χ2n) is 5.15. The summed E-state index contributed by atoms with van der Waals surface area (Å²) in [6.07, 6.45) is 2.21. The van der Waals surface area contributed by atoms with Gasteiger partial charge < -0.3 is 4.57 Å². The van der Waals surface area contributed by atoms with Gasteiger partial charge in [-0.1, -0.05) is 24.3 Å². The van der Waals surface area contributed by atoms with Crippen molar-refractivity contribution in [3.63, 3.8) is 0 Å². The summed E-state index contributed by atoms with van der Waals surface area (Å²) in [6.45, 7) is 7.34. The highest BCUT2D eigenvalue weighted by Crippen LogP contribution is 2.17. The monoisotopic (exact) mass is 250 g/mol. The number of fused-ring (bicyclic) bond motifs is 1. The number of nitrogens with zero attached hydrogens (tertiary/aromatic N) is 2. The highest BCUT2D eigenvalue weighted by Gasteiger charge is 2.06. The van der Waals surface area contributed by atoms with Crippen LogP contribution in [0.5, 0.6) is 0 Å². The molecule has 19 heavy (non-hydrogen) atoms. The molecule has 0 N–H and O–H groups in total. The van der Waals surface area contributed by atoms with Gasteiger partial charge in [0.25, 0.3) is 0 Å². The second-order valence-corrected chi connectivity index (χ2v) is 5.15. The summed E-state index contributed by atoms with van der Waals surface area (Å²) < 4.78 is 2.28. The van der Waals surface area contributed by atoms with Crippen LogP contribution in [-0.4, -0.2) is 9.55 Å². The molecule has 0 spiro atoms. The first kappa shape index (κ1) is 12.0. The first-order valence-electron chi connectivity index (χ1n) is 6.63. The Morgan fingerprint density at radius 2 is 1.79 bits per heavy atom. The van der Waals surface area contributed by atoms with Gasteiger partial charge in [0.2, 0.25) is 0 Å². The molecule has 0 aliphatic rings. The third kappa shape index (κ3) is 2.14. The molecule has 2 nitrogen and oxygen atoms in total. The molecule has 0 saturated heterocycles. The Labute approximate surface area is 113 Å². The molecule has 2 heteroatoms. The maximum absolute atomic E-state index is 4.73. The number of hydrogen-bond donors (Lipinski definition) is 0. The van der Waals surface area contributed by atoms with Crippen molar-refractivity contribution in [3.8, 4) is 0 Å². The largest absolute Gasteiger partial charge is 0.345 e. The van der Waals surface area contributed by atoms with Gasteiger partial charge in [0.15, 0.2) is 0 Å². The summed E-state index contributed by atoms with van der Waals surface area (Å²) in [5.41, 5.74) is 6.22. The molecule has 96 valence electrons. The minimum absolute atomic E-state index is 0.839. The van der Waals surface area contributed by atoms with E-state index in [9.17, 15) is 0 Å². The van der Waals surface area contributed by atoms with Crippen LogP contribution in [0.4, 0.5) is 0 Å². The zero-order valence-corrected chi connectivity index (χ0v) is 11.6. The third-order valence-electron chi connectivity index (χ3n) is 3.90. The van der Waals surface area contributed by atoms with Gasteiger partial charge in [0.1, 0.15) is 0 Å². The van der Waals surface area contributed by atoms with Crippen molar-refractivity contribution in [2.24, 2.45) is 0 Å². The van der Waals surface area contributed by atoms with Gasteiger partial charge >= 0.3 is 0 Å². The molecule has 0 amide bonds. The van der Waals surface area contributed by atoms with Gasteiger partial charge in [-0.25, -0.2) is 0 Å². The smallest absolute Gasteiger partial charge is 0.0706 e. The topological polar surface area (TPSA) is 17.8 Å². The molecule has 0 aliphatic carbocycles. The van der Waals surface area contributed by atoms with Crippen LogP contribution in [0.3, 0.4) is 0 Å². The molecule has 0 saturated carbocycles. The van der Waals surface area contributed by atoms with Gasteiger partial charge in [-0.05, 0) is 44.0 Å². The Kier molecular flexibility index (Phi) is 2.86. The number of pyridine rings is 1. The zero-order valence-electron chi connectivity index (χ0n) is 11.6. The van der Waals surface area contributed by atoms with Gasteiger partial charge in [-0.2, -0.15) is 0 Å². The number of para-hydroxylation sites is 1. The lowest BCUT2D eigenvalue weighted by Crippen LogP contribution is -2.02. The molecule has 0 atom stereocenters. The van der Waals surface area contributed by atoms with Crippen LogP contribution in [0, 0.1) is 20.8 Å². The average Bonchev–Trinajstić information content (AvgIpc) is 2.66. The number of aromatic nitrogens is 2. The van der Waals surface area contributed by atoms with Crippen LogP contribution in [0.15, 0.2) is 42.6 Å². The standard InChI is InChI=1S/C17H18N2/c1-12-10-19(14(3)13(12)2)11-16-9-8-15-6-4-5-7-17(15)18-16/h4-10H,11H2,1-3H3. The van der Waals surface area contributed by atoms with E-state index in [2.05, 4.69) is 55.8 Å². The lowest BCUT2D eigenvalue weighted by molar-refractivity contribution is 0.755.